The number of ether oxygens (including phenoxy) is 1. The molecule has 0 saturated heterocycles. The molecule has 0 radical (unpaired) electrons. The average molecular weight is 400 g/mol. The normalized spacial score (nSPS) is 14.2. The summed E-state index contributed by atoms with van der Waals surface area (Å²) in [6.07, 6.45) is 4.00. The molecule has 1 fully saturated rings. The Kier molecular flexibility index (Phi) is 4.60. The van der Waals surface area contributed by atoms with Gasteiger partial charge in [0.15, 0.2) is 0 Å². The van der Waals surface area contributed by atoms with Gasteiger partial charge in [-0.05, 0) is 48.4 Å². The predicted molar refractivity (Wildman–Crippen MR) is 107 cm³/mol. The number of benzene rings is 2. The summed E-state index contributed by atoms with van der Waals surface area (Å²) in [6, 6.07) is 12.0. The van der Waals surface area contributed by atoms with Crippen LogP contribution in [0.3, 0.4) is 0 Å². The molecular formula is C20H20N2O5S. The maximum absolute atomic E-state index is 12.5. The van der Waals surface area contributed by atoms with E-state index in [1.807, 2.05) is 12.1 Å². The van der Waals surface area contributed by atoms with Gasteiger partial charge in [-0.1, -0.05) is 18.2 Å². The highest BCUT2D eigenvalue weighted by Crippen LogP contribution is 2.38. The highest BCUT2D eigenvalue weighted by molar-refractivity contribution is 7.84. The molecule has 7 nitrogen and oxygen atoms in total. The van der Waals surface area contributed by atoms with Crippen LogP contribution in [-0.4, -0.2) is 19.6 Å². The van der Waals surface area contributed by atoms with Gasteiger partial charge in [0.25, 0.3) is 5.56 Å². The van der Waals surface area contributed by atoms with Crippen molar-refractivity contribution in [1.82, 2.24) is 4.57 Å². The van der Waals surface area contributed by atoms with Crippen molar-refractivity contribution >= 4 is 21.1 Å². The third kappa shape index (κ3) is 3.88. The number of hydrogen-bond donors (Lipinski definition) is 1. The molecule has 0 amide bonds. The zero-order chi connectivity index (χ0) is 19.9. The van der Waals surface area contributed by atoms with E-state index in [2.05, 4.69) is 0 Å². The molecule has 1 aliphatic carbocycles. The van der Waals surface area contributed by atoms with E-state index in [1.165, 1.54) is 10.6 Å². The summed E-state index contributed by atoms with van der Waals surface area (Å²) in [5, 5.41) is 6.32. The van der Waals surface area contributed by atoms with Crippen LogP contribution in [0.4, 0.5) is 0 Å². The lowest BCUT2D eigenvalue weighted by molar-refractivity contribution is 0.301. The lowest BCUT2D eigenvalue weighted by atomic mass is 9.99. The largest absolute Gasteiger partial charge is 0.493 e. The first-order chi connectivity index (χ1) is 13.3. The Morgan fingerprint density at radius 1 is 1.11 bits per heavy atom. The summed E-state index contributed by atoms with van der Waals surface area (Å²) in [6.45, 7) is 0.589. The molecule has 4 rings (SSSR count). The molecule has 2 N–H and O–H groups in total. The standard InChI is InChI=1S/C20H20N2O5S/c1-22-11-18(15-4-2-3-5-16(15)20(22)23)17-10-14(27-28(21,24)25)8-9-19(17)26-12-13-6-7-13/h2-5,8-11,13H,6-7,12H2,1H3,(H2,21,24,25). The third-order valence-electron chi connectivity index (χ3n) is 4.72. The zero-order valence-corrected chi connectivity index (χ0v) is 16.1. The lowest BCUT2D eigenvalue weighted by Gasteiger charge is -2.16. The number of aromatic nitrogens is 1. The topological polar surface area (TPSA) is 101 Å². The molecule has 0 aliphatic heterocycles. The van der Waals surface area contributed by atoms with E-state index in [0.29, 0.717) is 29.2 Å². The maximum Gasteiger partial charge on any atom is 0.380 e. The number of pyridine rings is 1. The zero-order valence-electron chi connectivity index (χ0n) is 15.3. The Morgan fingerprint density at radius 3 is 2.50 bits per heavy atom. The fourth-order valence-corrected chi connectivity index (χ4v) is 3.53. The van der Waals surface area contributed by atoms with E-state index in [9.17, 15) is 13.2 Å². The minimum atomic E-state index is -4.16. The first-order valence-corrected chi connectivity index (χ1v) is 10.4. The van der Waals surface area contributed by atoms with Crippen LogP contribution >= 0.6 is 0 Å². The van der Waals surface area contributed by atoms with Crippen molar-refractivity contribution < 1.29 is 17.3 Å². The van der Waals surface area contributed by atoms with Crippen LogP contribution in [-0.2, 0) is 17.4 Å². The van der Waals surface area contributed by atoms with Gasteiger partial charge in [-0.2, -0.15) is 13.6 Å². The summed E-state index contributed by atoms with van der Waals surface area (Å²) in [5.74, 6) is 1.22. The lowest BCUT2D eigenvalue weighted by Crippen LogP contribution is -2.19. The van der Waals surface area contributed by atoms with Crippen molar-refractivity contribution in [2.75, 3.05) is 6.61 Å². The van der Waals surface area contributed by atoms with Gasteiger partial charge < -0.3 is 13.5 Å². The second-order valence-electron chi connectivity index (χ2n) is 6.99. The van der Waals surface area contributed by atoms with Gasteiger partial charge in [0.1, 0.15) is 11.5 Å². The molecule has 3 aromatic rings. The van der Waals surface area contributed by atoms with E-state index >= 15 is 0 Å². The molecule has 0 unspecified atom stereocenters. The van der Waals surface area contributed by atoms with Crippen molar-refractivity contribution in [1.29, 1.82) is 0 Å². The average Bonchev–Trinajstić information content (AvgIpc) is 3.47. The SMILES string of the molecule is Cn1cc(-c2cc(OS(N)(=O)=O)ccc2OCC2CC2)c2ccccc2c1=O. The second-order valence-corrected chi connectivity index (χ2v) is 8.15. The van der Waals surface area contributed by atoms with Crippen LogP contribution < -0.4 is 19.6 Å². The maximum atomic E-state index is 12.5. The summed E-state index contributed by atoms with van der Waals surface area (Å²) in [7, 11) is -2.48. The number of nitrogens with zero attached hydrogens (tertiary/aromatic N) is 1. The Balaban J connectivity index is 1.91. The molecule has 8 heteroatoms. The Hall–Kier alpha value is -2.84. The van der Waals surface area contributed by atoms with E-state index in [0.717, 1.165) is 23.8 Å². The third-order valence-corrected chi connectivity index (χ3v) is 5.14. The Labute approximate surface area is 162 Å². The quantitative estimate of drug-likeness (QED) is 0.685. The van der Waals surface area contributed by atoms with Crippen LogP contribution in [0.25, 0.3) is 21.9 Å². The fourth-order valence-electron chi connectivity index (χ4n) is 3.15. The van der Waals surface area contributed by atoms with Crippen molar-refractivity contribution in [2.45, 2.75) is 12.8 Å². The summed E-state index contributed by atoms with van der Waals surface area (Å²) in [5.41, 5.74) is 1.26. The van der Waals surface area contributed by atoms with Gasteiger partial charge in [0.05, 0.1) is 6.61 Å². The molecule has 28 heavy (non-hydrogen) atoms. The number of nitrogens with two attached hydrogens (primary N) is 1. The van der Waals surface area contributed by atoms with E-state index in [4.69, 9.17) is 14.1 Å². The molecule has 1 aliphatic rings. The smallest absolute Gasteiger partial charge is 0.380 e. The van der Waals surface area contributed by atoms with Gasteiger partial charge in [-0.15, -0.1) is 0 Å². The van der Waals surface area contributed by atoms with Gasteiger partial charge in [-0.3, -0.25) is 4.79 Å². The minimum Gasteiger partial charge on any atom is -0.493 e. The number of rotatable bonds is 6. The molecule has 1 heterocycles. The van der Waals surface area contributed by atoms with Gasteiger partial charge in [0, 0.05) is 29.8 Å². The Morgan fingerprint density at radius 2 is 1.82 bits per heavy atom. The van der Waals surface area contributed by atoms with Crippen LogP contribution in [0.15, 0.2) is 53.5 Å². The molecular weight excluding hydrogens is 380 g/mol. The van der Waals surface area contributed by atoms with Crippen molar-refractivity contribution in [3.8, 4) is 22.6 Å². The van der Waals surface area contributed by atoms with Crippen molar-refractivity contribution in [2.24, 2.45) is 18.1 Å². The Bertz CT molecular complexity index is 1210. The van der Waals surface area contributed by atoms with Gasteiger partial charge in [-0.25, -0.2) is 0 Å². The molecule has 0 spiro atoms. The minimum absolute atomic E-state index is 0.0780. The monoisotopic (exact) mass is 400 g/mol. The van der Waals surface area contributed by atoms with Crippen LogP contribution in [0.5, 0.6) is 11.5 Å². The highest BCUT2D eigenvalue weighted by atomic mass is 32.2. The molecule has 2 aromatic carbocycles. The van der Waals surface area contributed by atoms with E-state index < -0.39 is 10.3 Å². The summed E-state index contributed by atoms with van der Waals surface area (Å²) >= 11 is 0. The second kappa shape index (κ2) is 6.96. The predicted octanol–water partition coefficient (Wildman–Crippen LogP) is 2.58. The number of aryl methyl sites for hydroxylation is 1. The molecule has 1 saturated carbocycles. The van der Waals surface area contributed by atoms with Crippen LogP contribution in [0, 0.1) is 5.92 Å². The fraction of sp³-hybridized carbons (Fsp3) is 0.250. The molecule has 0 atom stereocenters. The molecule has 1 aromatic heterocycles. The first-order valence-electron chi connectivity index (χ1n) is 8.89. The van der Waals surface area contributed by atoms with E-state index in [1.54, 1.807) is 37.5 Å². The van der Waals surface area contributed by atoms with Crippen LogP contribution in [0.2, 0.25) is 0 Å². The molecule has 146 valence electrons. The van der Waals surface area contributed by atoms with E-state index in [-0.39, 0.29) is 11.3 Å². The highest BCUT2D eigenvalue weighted by Gasteiger charge is 2.23. The number of hydrogen-bond acceptors (Lipinski definition) is 5. The molecule has 0 bridgehead atoms. The van der Waals surface area contributed by atoms with Crippen LogP contribution in [0.1, 0.15) is 12.8 Å². The number of fused-ring (bicyclic) bond motifs is 1. The van der Waals surface area contributed by atoms with Gasteiger partial charge in [0.2, 0.25) is 0 Å². The first kappa shape index (κ1) is 18.5. The van der Waals surface area contributed by atoms with Gasteiger partial charge >= 0.3 is 10.3 Å². The van der Waals surface area contributed by atoms with Crippen molar-refractivity contribution in [3.05, 3.63) is 59.0 Å². The summed E-state index contributed by atoms with van der Waals surface area (Å²) in [4.78, 5) is 12.5. The van der Waals surface area contributed by atoms with Crippen molar-refractivity contribution in [3.63, 3.8) is 0 Å². The summed E-state index contributed by atoms with van der Waals surface area (Å²) < 4.78 is 35.0.